The maximum atomic E-state index is 11.5. The molecular formula is C13H16FNO7. The van der Waals surface area contributed by atoms with E-state index < -0.39 is 17.0 Å². The lowest BCUT2D eigenvalue weighted by Gasteiger charge is -2.13. The number of carbonyl (C=O) groups is 1. The third-order valence-corrected chi connectivity index (χ3v) is 2.83. The minimum absolute atomic E-state index is 0.0106. The Balaban J connectivity index is 2.91. The number of aliphatic hydroxyl groups is 1. The van der Waals surface area contributed by atoms with Crippen molar-refractivity contribution in [2.45, 2.75) is 25.9 Å². The van der Waals surface area contributed by atoms with Gasteiger partial charge in [0.2, 0.25) is 0 Å². The molecule has 0 saturated carbocycles. The normalized spacial score (nSPS) is 11.6. The van der Waals surface area contributed by atoms with Crippen LogP contribution in [0.2, 0.25) is 0 Å². The molecule has 0 aliphatic heterocycles. The molecule has 0 aromatic heterocycles. The summed E-state index contributed by atoms with van der Waals surface area (Å²) in [5, 5.41) is 20.6. The number of nitrogens with zero attached hydrogens (tertiary/aromatic N) is 1. The molecule has 0 radical (unpaired) electrons. The van der Waals surface area contributed by atoms with Gasteiger partial charge >= 0.3 is 5.97 Å². The zero-order valence-corrected chi connectivity index (χ0v) is 12.1. The highest BCUT2D eigenvalue weighted by Gasteiger charge is 2.22. The second-order valence-corrected chi connectivity index (χ2v) is 4.40. The third kappa shape index (κ3) is 4.55. The Labute approximate surface area is 125 Å². The molecule has 122 valence electrons. The summed E-state index contributed by atoms with van der Waals surface area (Å²) in [5.74, 6) is -0.729. The molecule has 0 fully saturated rings. The topological polar surface area (TPSA) is 108 Å². The van der Waals surface area contributed by atoms with Gasteiger partial charge in [-0.2, -0.15) is 0 Å². The summed E-state index contributed by atoms with van der Waals surface area (Å²) in [6.07, 6.45) is -1.08. The van der Waals surface area contributed by atoms with Crippen molar-refractivity contribution >= 4 is 11.7 Å². The lowest BCUT2D eigenvalue weighted by Crippen LogP contribution is -2.06. The predicted molar refractivity (Wildman–Crippen MR) is 72.2 cm³/mol. The zero-order valence-electron chi connectivity index (χ0n) is 12.1. The Morgan fingerprint density at radius 3 is 2.64 bits per heavy atom. The molecule has 0 aliphatic carbocycles. The zero-order chi connectivity index (χ0) is 16.7. The molecule has 1 unspecified atom stereocenters. The summed E-state index contributed by atoms with van der Waals surface area (Å²) in [7, 11) is 1.35. The number of aliphatic hydroxyl groups excluding tert-OH is 1. The van der Waals surface area contributed by atoms with E-state index in [9.17, 15) is 24.5 Å². The number of methoxy groups -OCH3 is 1. The van der Waals surface area contributed by atoms with E-state index in [0.29, 0.717) is 0 Å². The van der Waals surface area contributed by atoms with E-state index in [1.165, 1.54) is 20.1 Å². The molecule has 1 rings (SSSR count). The average molecular weight is 317 g/mol. The van der Waals surface area contributed by atoms with Crippen LogP contribution in [0.5, 0.6) is 11.5 Å². The summed E-state index contributed by atoms with van der Waals surface area (Å²) < 4.78 is 21.9. The molecule has 0 amide bonds. The van der Waals surface area contributed by atoms with Gasteiger partial charge in [-0.3, -0.25) is 15.1 Å². The molecule has 0 heterocycles. The van der Waals surface area contributed by atoms with Gasteiger partial charge in [0.05, 0.1) is 42.8 Å². The number of nitro benzene ring substituents is 1. The van der Waals surface area contributed by atoms with Crippen LogP contribution in [0.15, 0.2) is 12.1 Å². The highest BCUT2D eigenvalue weighted by molar-refractivity contribution is 5.68. The minimum atomic E-state index is -1.05. The quantitative estimate of drug-likeness (QED) is 0.445. The van der Waals surface area contributed by atoms with Gasteiger partial charge in [0.25, 0.3) is 5.69 Å². The van der Waals surface area contributed by atoms with Gasteiger partial charge in [0.1, 0.15) is 0 Å². The van der Waals surface area contributed by atoms with Crippen molar-refractivity contribution < 1.29 is 33.8 Å². The standard InChI is InChI=1S/C13H16FNO7/c1-8(16)9-6-11(20-2)12(7-10(9)15(18)19)21-5-3-4-13(17)22-14/h6-8,16H,3-5H2,1-2H3. The molecule has 1 atom stereocenters. The number of hydrogen-bond donors (Lipinski definition) is 1. The first kappa shape index (κ1) is 17.6. The maximum Gasteiger partial charge on any atom is 0.348 e. The van der Waals surface area contributed by atoms with E-state index in [1.54, 1.807) is 0 Å². The van der Waals surface area contributed by atoms with Crippen molar-refractivity contribution in [3.63, 3.8) is 0 Å². The molecule has 22 heavy (non-hydrogen) atoms. The van der Waals surface area contributed by atoms with Crippen molar-refractivity contribution in [1.29, 1.82) is 0 Å². The van der Waals surface area contributed by atoms with Crippen molar-refractivity contribution in [3.8, 4) is 11.5 Å². The van der Waals surface area contributed by atoms with Crippen LogP contribution in [0.3, 0.4) is 0 Å². The van der Waals surface area contributed by atoms with Crippen LogP contribution >= 0.6 is 0 Å². The Bertz CT molecular complexity index is 547. The Morgan fingerprint density at radius 1 is 1.45 bits per heavy atom. The summed E-state index contributed by atoms with van der Waals surface area (Å²) in [6, 6.07) is 2.45. The van der Waals surface area contributed by atoms with Crippen molar-refractivity contribution in [2.24, 2.45) is 0 Å². The number of benzene rings is 1. The highest BCUT2D eigenvalue weighted by atomic mass is 19.3. The first-order chi connectivity index (χ1) is 10.4. The lowest BCUT2D eigenvalue weighted by molar-refractivity contribution is -0.386. The van der Waals surface area contributed by atoms with Gasteiger partial charge in [-0.25, -0.2) is 4.79 Å². The second-order valence-electron chi connectivity index (χ2n) is 4.40. The van der Waals surface area contributed by atoms with Crippen LogP contribution in [0.4, 0.5) is 10.2 Å². The lowest BCUT2D eigenvalue weighted by atomic mass is 10.1. The molecule has 0 bridgehead atoms. The van der Waals surface area contributed by atoms with E-state index >= 15 is 0 Å². The van der Waals surface area contributed by atoms with Crippen molar-refractivity contribution in [1.82, 2.24) is 0 Å². The molecule has 1 N–H and O–H groups in total. The molecule has 9 heteroatoms. The van der Waals surface area contributed by atoms with E-state index in [2.05, 4.69) is 4.94 Å². The van der Waals surface area contributed by atoms with E-state index in [1.807, 2.05) is 0 Å². The first-order valence-corrected chi connectivity index (χ1v) is 6.39. The van der Waals surface area contributed by atoms with Crippen molar-refractivity contribution in [3.05, 3.63) is 27.8 Å². The van der Waals surface area contributed by atoms with Gasteiger partial charge in [0, 0.05) is 4.53 Å². The van der Waals surface area contributed by atoms with Crippen LogP contribution in [0.1, 0.15) is 31.4 Å². The van der Waals surface area contributed by atoms with Gasteiger partial charge in [-0.05, 0) is 19.4 Å². The fraction of sp³-hybridized carbons (Fsp3) is 0.462. The molecule has 0 spiro atoms. The Morgan fingerprint density at radius 2 is 2.14 bits per heavy atom. The monoisotopic (exact) mass is 317 g/mol. The third-order valence-electron chi connectivity index (χ3n) is 2.83. The van der Waals surface area contributed by atoms with E-state index in [-0.39, 0.29) is 42.2 Å². The summed E-state index contributed by atoms with van der Waals surface area (Å²) in [5.41, 5.74) is -0.218. The van der Waals surface area contributed by atoms with Crippen LogP contribution in [0, 0.1) is 10.1 Å². The molecule has 0 aliphatic rings. The Kier molecular flexibility index (Phi) is 6.51. The SMILES string of the molecule is COc1cc(C(C)O)c([N+](=O)[O-])cc1OCCCC(=O)OF. The van der Waals surface area contributed by atoms with Gasteiger partial charge in [-0.1, -0.05) is 0 Å². The highest BCUT2D eigenvalue weighted by Crippen LogP contribution is 2.37. The van der Waals surface area contributed by atoms with Crippen LogP contribution in [-0.4, -0.2) is 29.7 Å². The minimum Gasteiger partial charge on any atom is -0.493 e. The second kappa shape index (κ2) is 8.13. The first-order valence-electron chi connectivity index (χ1n) is 6.39. The molecule has 0 saturated heterocycles. The van der Waals surface area contributed by atoms with Gasteiger partial charge < -0.3 is 14.6 Å². The van der Waals surface area contributed by atoms with Crippen LogP contribution in [0.25, 0.3) is 0 Å². The fourth-order valence-electron chi connectivity index (χ4n) is 1.77. The average Bonchev–Trinajstić information content (AvgIpc) is 2.50. The van der Waals surface area contributed by atoms with Crippen LogP contribution < -0.4 is 9.47 Å². The largest absolute Gasteiger partial charge is 0.493 e. The van der Waals surface area contributed by atoms with Crippen LogP contribution in [-0.2, 0) is 9.74 Å². The maximum absolute atomic E-state index is 11.5. The summed E-state index contributed by atoms with van der Waals surface area (Å²) >= 11 is 0. The predicted octanol–water partition coefficient (Wildman–Crippen LogP) is 2.24. The molecule has 1 aromatic carbocycles. The fourth-order valence-corrected chi connectivity index (χ4v) is 1.77. The number of nitro groups is 1. The Hall–Kier alpha value is -2.42. The summed E-state index contributed by atoms with van der Waals surface area (Å²) in [6.45, 7) is 1.40. The number of ether oxygens (including phenoxy) is 2. The van der Waals surface area contributed by atoms with Gasteiger partial charge in [0.15, 0.2) is 11.5 Å². The molecule has 8 nitrogen and oxygen atoms in total. The number of carbonyl (C=O) groups excluding carboxylic acids is 1. The smallest absolute Gasteiger partial charge is 0.348 e. The van der Waals surface area contributed by atoms with Gasteiger partial charge in [-0.15, -0.1) is 0 Å². The van der Waals surface area contributed by atoms with E-state index in [0.717, 1.165) is 6.07 Å². The van der Waals surface area contributed by atoms with E-state index in [4.69, 9.17) is 9.47 Å². The summed E-state index contributed by atoms with van der Waals surface area (Å²) in [4.78, 5) is 24.0. The number of halogens is 1. The number of rotatable bonds is 8. The van der Waals surface area contributed by atoms with Crippen molar-refractivity contribution in [2.75, 3.05) is 13.7 Å². The number of hydrogen-bond acceptors (Lipinski definition) is 7. The molecule has 1 aromatic rings. The molecular weight excluding hydrogens is 301 g/mol.